The molecule has 0 aliphatic rings. The average Bonchev–Trinajstić information content (AvgIpc) is 3.31. The van der Waals surface area contributed by atoms with Gasteiger partial charge in [0.25, 0.3) is 5.91 Å². The van der Waals surface area contributed by atoms with E-state index in [0.717, 1.165) is 5.56 Å². The van der Waals surface area contributed by atoms with Crippen molar-refractivity contribution in [2.45, 2.75) is 0 Å². The molecule has 8 nitrogen and oxygen atoms in total. The Balaban J connectivity index is 1.42. The molecule has 2 heterocycles. The zero-order valence-electron chi connectivity index (χ0n) is 18.0. The summed E-state index contributed by atoms with van der Waals surface area (Å²) >= 11 is 0. The number of ether oxygens (including phenoxy) is 1. The molecule has 2 aromatic heterocycles. The van der Waals surface area contributed by atoms with Gasteiger partial charge in [0.15, 0.2) is 11.5 Å². The number of benzene rings is 3. The van der Waals surface area contributed by atoms with Crippen LogP contribution in [0.5, 0.6) is 5.75 Å². The van der Waals surface area contributed by atoms with Gasteiger partial charge < -0.3 is 20.4 Å². The fourth-order valence-corrected chi connectivity index (χ4v) is 3.50. The van der Waals surface area contributed by atoms with Crippen molar-refractivity contribution in [2.75, 3.05) is 17.7 Å². The minimum atomic E-state index is -0.320. The van der Waals surface area contributed by atoms with Crippen LogP contribution in [0, 0.1) is 5.82 Å². The molecule has 0 unspecified atom stereocenters. The lowest BCUT2D eigenvalue weighted by Gasteiger charge is -2.09. The van der Waals surface area contributed by atoms with Crippen LogP contribution < -0.4 is 15.4 Å². The number of aromatic nitrogens is 4. The number of amides is 1. The maximum Gasteiger partial charge on any atom is 0.259 e. The maximum atomic E-state index is 13.2. The lowest BCUT2D eigenvalue weighted by molar-refractivity contribution is 0.102. The molecule has 168 valence electrons. The van der Waals surface area contributed by atoms with Gasteiger partial charge in [0.1, 0.15) is 29.2 Å². The largest absolute Gasteiger partial charge is 0.496 e. The predicted octanol–water partition coefficient (Wildman–Crippen LogP) is 5.16. The number of nitrogens with zero attached hydrogens (tertiary/aromatic N) is 3. The number of carbonyl (C=O) groups excluding carboxylic acids is 1. The number of nitrogens with one attached hydrogen (secondary N) is 3. The van der Waals surface area contributed by atoms with Gasteiger partial charge >= 0.3 is 0 Å². The van der Waals surface area contributed by atoms with Crippen LogP contribution in [0.15, 0.2) is 79.1 Å². The highest BCUT2D eigenvalue weighted by Gasteiger charge is 2.14. The highest BCUT2D eigenvalue weighted by molar-refractivity contribution is 6.06. The number of anilines is 3. The molecule has 3 aromatic carbocycles. The first-order valence-electron chi connectivity index (χ1n) is 10.4. The van der Waals surface area contributed by atoms with Crippen molar-refractivity contribution in [3.05, 3.63) is 90.5 Å². The van der Waals surface area contributed by atoms with E-state index >= 15 is 0 Å². The summed E-state index contributed by atoms with van der Waals surface area (Å²) in [4.78, 5) is 29.1. The Bertz CT molecular complexity index is 1480. The molecule has 0 aliphatic heterocycles. The van der Waals surface area contributed by atoms with Crippen molar-refractivity contribution in [1.82, 2.24) is 19.9 Å². The molecule has 0 saturated heterocycles. The van der Waals surface area contributed by atoms with Crippen LogP contribution in [0.25, 0.3) is 22.6 Å². The standard InChI is InChI=1S/C25H19FN6O2/c1-34-20-8-3-2-7-19(20)25(33)30-18-6-4-5-15(13-18)22-31-21-23(27-14-28-24(21)32-22)29-17-11-9-16(26)10-12-17/h2-14H,1H3,(H,30,33)(H2,27,28,29,31,32). The van der Waals surface area contributed by atoms with Crippen LogP contribution in [-0.4, -0.2) is 33.0 Å². The third-order valence-electron chi connectivity index (χ3n) is 5.14. The van der Waals surface area contributed by atoms with Gasteiger partial charge in [-0.05, 0) is 48.5 Å². The fraction of sp³-hybridized carbons (Fsp3) is 0.0400. The van der Waals surface area contributed by atoms with Gasteiger partial charge in [-0.25, -0.2) is 19.3 Å². The van der Waals surface area contributed by atoms with Crippen molar-refractivity contribution in [3.8, 4) is 17.1 Å². The van der Waals surface area contributed by atoms with Gasteiger partial charge in [-0.2, -0.15) is 0 Å². The third-order valence-corrected chi connectivity index (χ3v) is 5.14. The summed E-state index contributed by atoms with van der Waals surface area (Å²) in [5.74, 6) is 0.964. The Morgan fingerprint density at radius 3 is 2.62 bits per heavy atom. The second-order valence-corrected chi connectivity index (χ2v) is 7.37. The minimum absolute atomic E-state index is 0.282. The van der Waals surface area contributed by atoms with Crippen molar-refractivity contribution >= 4 is 34.3 Å². The molecule has 0 spiro atoms. The number of methoxy groups -OCH3 is 1. The van der Waals surface area contributed by atoms with Crippen LogP contribution in [0.4, 0.5) is 21.6 Å². The fourth-order valence-electron chi connectivity index (χ4n) is 3.50. The monoisotopic (exact) mass is 454 g/mol. The van der Waals surface area contributed by atoms with E-state index in [1.54, 1.807) is 42.5 Å². The van der Waals surface area contributed by atoms with E-state index < -0.39 is 0 Å². The molecule has 0 fully saturated rings. The molecular weight excluding hydrogens is 435 g/mol. The number of para-hydroxylation sites is 1. The number of imidazole rings is 1. The van der Waals surface area contributed by atoms with E-state index in [1.807, 2.05) is 18.2 Å². The van der Waals surface area contributed by atoms with Gasteiger partial charge in [-0.15, -0.1) is 0 Å². The van der Waals surface area contributed by atoms with Crippen molar-refractivity contribution < 1.29 is 13.9 Å². The van der Waals surface area contributed by atoms with E-state index in [0.29, 0.717) is 45.5 Å². The SMILES string of the molecule is COc1ccccc1C(=O)Nc1cccc(-c2nc3ncnc(Nc4ccc(F)cc4)c3[nH]2)c1. The number of rotatable bonds is 6. The number of H-pyrrole nitrogens is 1. The average molecular weight is 454 g/mol. The second kappa shape index (κ2) is 8.99. The number of fused-ring (bicyclic) bond motifs is 1. The smallest absolute Gasteiger partial charge is 0.259 e. The quantitative estimate of drug-likeness (QED) is 0.327. The molecule has 0 saturated carbocycles. The van der Waals surface area contributed by atoms with Gasteiger partial charge in [-0.3, -0.25) is 4.79 Å². The van der Waals surface area contributed by atoms with Gasteiger partial charge in [0.2, 0.25) is 0 Å². The summed E-state index contributed by atoms with van der Waals surface area (Å²) in [7, 11) is 1.52. The van der Waals surface area contributed by atoms with Crippen molar-refractivity contribution in [1.29, 1.82) is 0 Å². The lowest BCUT2D eigenvalue weighted by Crippen LogP contribution is -2.13. The summed E-state index contributed by atoms with van der Waals surface area (Å²) in [6.07, 6.45) is 1.41. The molecule has 34 heavy (non-hydrogen) atoms. The van der Waals surface area contributed by atoms with Crippen LogP contribution in [0.2, 0.25) is 0 Å². The minimum Gasteiger partial charge on any atom is -0.496 e. The van der Waals surface area contributed by atoms with Crippen LogP contribution in [0.3, 0.4) is 0 Å². The van der Waals surface area contributed by atoms with E-state index in [9.17, 15) is 9.18 Å². The van der Waals surface area contributed by atoms with E-state index in [4.69, 9.17) is 4.74 Å². The van der Waals surface area contributed by atoms with E-state index in [2.05, 4.69) is 30.6 Å². The van der Waals surface area contributed by atoms with Crippen LogP contribution >= 0.6 is 0 Å². The molecule has 1 amide bonds. The van der Waals surface area contributed by atoms with E-state index in [-0.39, 0.29) is 11.7 Å². The molecule has 9 heteroatoms. The number of halogens is 1. The number of carbonyl (C=O) groups is 1. The first-order chi connectivity index (χ1) is 16.6. The predicted molar refractivity (Wildman–Crippen MR) is 128 cm³/mol. The van der Waals surface area contributed by atoms with Crippen LogP contribution in [-0.2, 0) is 0 Å². The maximum absolute atomic E-state index is 13.2. The van der Waals surface area contributed by atoms with Crippen molar-refractivity contribution in [2.24, 2.45) is 0 Å². The van der Waals surface area contributed by atoms with Crippen molar-refractivity contribution in [3.63, 3.8) is 0 Å². The Kier molecular flexibility index (Phi) is 5.57. The zero-order chi connectivity index (χ0) is 23.5. The lowest BCUT2D eigenvalue weighted by atomic mass is 10.1. The molecule has 3 N–H and O–H groups in total. The molecule has 5 rings (SSSR count). The molecule has 0 aliphatic carbocycles. The Morgan fingerprint density at radius 2 is 1.79 bits per heavy atom. The Hall–Kier alpha value is -4.79. The summed E-state index contributed by atoms with van der Waals surface area (Å²) in [5.41, 5.74) is 3.54. The molecule has 0 bridgehead atoms. The first-order valence-corrected chi connectivity index (χ1v) is 10.4. The molecule has 0 radical (unpaired) electrons. The Labute approximate surface area is 193 Å². The second-order valence-electron chi connectivity index (χ2n) is 7.37. The van der Waals surface area contributed by atoms with Crippen LogP contribution in [0.1, 0.15) is 10.4 Å². The topological polar surface area (TPSA) is 105 Å². The summed E-state index contributed by atoms with van der Waals surface area (Å²) in [6, 6.07) is 20.3. The summed E-state index contributed by atoms with van der Waals surface area (Å²) < 4.78 is 18.5. The van der Waals surface area contributed by atoms with E-state index in [1.165, 1.54) is 25.6 Å². The van der Waals surface area contributed by atoms with Gasteiger partial charge in [0.05, 0.1) is 12.7 Å². The highest BCUT2D eigenvalue weighted by atomic mass is 19.1. The molecule has 0 atom stereocenters. The third kappa shape index (κ3) is 4.26. The van der Waals surface area contributed by atoms with Gasteiger partial charge in [0, 0.05) is 16.9 Å². The van der Waals surface area contributed by atoms with Gasteiger partial charge in [-0.1, -0.05) is 24.3 Å². The summed E-state index contributed by atoms with van der Waals surface area (Å²) in [5, 5.41) is 6.04. The zero-order valence-corrected chi connectivity index (χ0v) is 18.0. The highest BCUT2D eigenvalue weighted by Crippen LogP contribution is 2.27. The number of hydrogen-bond acceptors (Lipinski definition) is 6. The normalized spacial score (nSPS) is 10.8. The Morgan fingerprint density at radius 1 is 0.971 bits per heavy atom. The molecular formula is C25H19FN6O2. The first kappa shape index (κ1) is 21.1. The number of hydrogen-bond donors (Lipinski definition) is 3. The summed E-state index contributed by atoms with van der Waals surface area (Å²) in [6.45, 7) is 0. The molecule has 5 aromatic rings. The number of aromatic amines is 1.